The molecule has 0 fully saturated rings. The monoisotopic (exact) mass is 500 g/mol. The van der Waals surface area contributed by atoms with E-state index in [0.29, 0.717) is 3.43 Å². The molecule has 26 heavy (non-hydrogen) atoms. The average Bonchev–Trinajstić information content (AvgIpc) is 3.22. The van der Waals surface area contributed by atoms with Crippen LogP contribution in [-0.4, -0.2) is 36.3 Å². The molecule has 2 nitrogen and oxygen atoms in total. The van der Waals surface area contributed by atoms with Gasteiger partial charge in [-0.2, -0.15) is 0 Å². The van der Waals surface area contributed by atoms with Crippen LogP contribution in [0.2, 0.25) is 3.43 Å². The van der Waals surface area contributed by atoms with Crippen LogP contribution in [0.3, 0.4) is 0 Å². The van der Waals surface area contributed by atoms with E-state index in [9.17, 15) is 0 Å². The molecule has 2 aromatic rings. The van der Waals surface area contributed by atoms with Gasteiger partial charge < -0.3 is 0 Å². The summed E-state index contributed by atoms with van der Waals surface area (Å²) < 4.78 is 4.84. The van der Waals surface area contributed by atoms with Gasteiger partial charge in [-0.25, -0.2) is 0 Å². The van der Waals surface area contributed by atoms with Gasteiger partial charge >= 0.3 is 180 Å². The third kappa shape index (κ3) is 6.16. The summed E-state index contributed by atoms with van der Waals surface area (Å²) >= 11 is 3.48. The van der Waals surface area contributed by atoms with Crippen LogP contribution in [0.4, 0.5) is 0 Å². The van der Waals surface area contributed by atoms with Crippen LogP contribution in [-0.2, 0) is 0 Å². The first kappa shape index (κ1) is 22.6. The summed E-state index contributed by atoms with van der Waals surface area (Å²) in [6, 6.07) is 0. The fraction of sp³-hybridized carbons (Fsp3) is 0.762. The van der Waals surface area contributed by atoms with E-state index < -0.39 is 21.1 Å². The topological polar surface area (TPSA) is 17.3 Å². The second kappa shape index (κ2) is 12.0. The van der Waals surface area contributed by atoms with Crippen molar-refractivity contribution >= 4 is 52.0 Å². The Morgan fingerprint density at radius 3 is 2.15 bits per heavy atom. The van der Waals surface area contributed by atoms with Gasteiger partial charge in [0.25, 0.3) is 0 Å². The van der Waals surface area contributed by atoms with Crippen LogP contribution in [0.25, 0.3) is 4.83 Å². The molecule has 2 radical (unpaired) electrons. The Balaban J connectivity index is 2.32. The van der Waals surface area contributed by atoms with Crippen LogP contribution in [0.5, 0.6) is 0 Å². The number of unbranched alkanes of at least 4 members (excludes halogenated alkanes) is 3. The minimum atomic E-state index is -0.655. The van der Waals surface area contributed by atoms with Crippen molar-refractivity contribution in [2.24, 2.45) is 0 Å². The molecule has 0 bridgehead atoms. The Labute approximate surface area is 179 Å². The Bertz CT molecular complexity index is 613. The Morgan fingerprint density at radius 1 is 1.00 bits per heavy atom. The van der Waals surface area contributed by atoms with Gasteiger partial charge in [0, 0.05) is 0 Å². The van der Waals surface area contributed by atoms with Gasteiger partial charge in [0.2, 0.25) is 0 Å². The number of rotatable bonds is 14. The zero-order valence-electron chi connectivity index (χ0n) is 17.1. The number of imidazole rings is 1. The van der Waals surface area contributed by atoms with Crippen LogP contribution < -0.4 is 2.89 Å². The second-order valence-corrected chi connectivity index (χ2v) is 15.7. The van der Waals surface area contributed by atoms with Crippen molar-refractivity contribution in [3.63, 3.8) is 0 Å². The van der Waals surface area contributed by atoms with E-state index in [-0.39, 0.29) is 0 Å². The summed E-state index contributed by atoms with van der Waals surface area (Å²) in [5, 5.41) is 1.55. The van der Waals surface area contributed by atoms with Crippen molar-refractivity contribution < 1.29 is 0 Å². The SMILES string of the molecule is CCCC[C](CCCC)(CCCC)[Sn][c]1sc2cncn2c1SCCC. The molecule has 0 aliphatic carbocycles. The third-order valence-electron chi connectivity index (χ3n) is 5.07. The molecule has 0 amide bonds. The molecular weight excluding hydrogens is 463 g/mol. The molecule has 5 heteroatoms. The predicted molar refractivity (Wildman–Crippen MR) is 121 cm³/mol. The van der Waals surface area contributed by atoms with Crippen molar-refractivity contribution in [2.75, 3.05) is 5.75 Å². The van der Waals surface area contributed by atoms with Crippen molar-refractivity contribution in [2.45, 2.75) is 100 Å². The Kier molecular flexibility index (Phi) is 10.4. The number of thiazole rings is 1. The predicted octanol–water partition coefficient (Wildman–Crippen LogP) is 6.96. The first-order valence-electron chi connectivity index (χ1n) is 10.6. The maximum atomic E-state index is 4.40. The second-order valence-electron chi connectivity index (χ2n) is 7.40. The van der Waals surface area contributed by atoms with Gasteiger partial charge in [0.05, 0.1) is 0 Å². The molecule has 0 N–H and O–H groups in total. The molecule has 0 saturated carbocycles. The van der Waals surface area contributed by atoms with Gasteiger partial charge in [-0.1, -0.05) is 0 Å². The summed E-state index contributed by atoms with van der Waals surface area (Å²) in [5.41, 5.74) is 0. The van der Waals surface area contributed by atoms with E-state index in [1.807, 2.05) is 6.33 Å². The Morgan fingerprint density at radius 2 is 1.62 bits per heavy atom. The van der Waals surface area contributed by atoms with Crippen molar-refractivity contribution in [1.82, 2.24) is 9.38 Å². The standard InChI is InChI=1S/C13H27.C8H9N2S2.Sn/c1-4-7-10-13(11-8-5-2)12-9-6-3;1-2-3-11-8-5-12-7-4-9-6-10(7)8;/h4-12H2,1-3H3;4,6H,2-3H2,1H3;. The first-order valence-corrected chi connectivity index (χ1v) is 15.2. The molecule has 2 aromatic heterocycles. The van der Waals surface area contributed by atoms with Crippen molar-refractivity contribution in [1.29, 1.82) is 0 Å². The molecule has 2 heterocycles. The first-order chi connectivity index (χ1) is 12.7. The van der Waals surface area contributed by atoms with E-state index in [1.54, 1.807) is 7.92 Å². The number of hydrogen-bond acceptors (Lipinski definition) is 3. The number of hydrogen-bond donors (Lipinski definition) is 0. The Hall–Kier alpha value is 0.319. The van der Waals surface area contributed by atoms with Crippen LogP contribution in [0, 0.1) is 0 Å². The van der Waals surface area contributed by atoms with E-state index in [0.717, 1.165) is 0 Å². The summed E-state index contributed by atoms with van der Waals surface area (Å²) in [6.45, 7) is 9.37. The molecule has 0 aliphatic rings. The summed E-state index contributed by atoms with van der Waals surface area (Å²) in [4.78, 5) is 5.75. The van der Waals surface area contributed by atoms with E-state index >= 15 is 0 Å². The number of fused-ring (bicyclic) bond motifs is 1. The van der Waals surface area contributed by atoms with Gasteiger partial charge in [-0.3, -0.25) is 0 Å². The van der Waals surface area contributed by atoms with E-state index in [2.05, 4.69) is 66.4 Å². The zero-order chi connectivity index (χ0) is 18.8. The van der Waals surface area contributed by atoms with Gasteiger partial charge in [0.1, 0.15) is 0 Å². The number of thioether (sulfide) groups is 1. The van der Waals surface area contributed by atoms with Gasteiger partial charge in [0.15, 0.2) is 0 Å². The van der Waals surface area contributed by atoms with Gasteiger partial charge in [-0.15, -0.1) is 0 Å². The van der Waals surface area contributed by atoms with E-state index in [1.165, 1.54) is 74.8 Å². The zero-order valence-corrected chi connectivity index (χ0v) is 21.6. The third-order valence-corrected chi connectivity index (χ3v) is 14.5. The average molecular weight is 499 g/mol. The fourth-order valence-corrected chi connectivity index (χ4v) is 13.9. The molecule has 0 saturated heterocycles. The van der Waals surface area contributed by atoms with Crippen molar-refractivity contribution in [3.8, 4) is 0 Å². The maximum absolute atomic E-state index is 4.40. The molecule has 0 atom stereocenters. The molecular formula is C21H36N2S2Sn. The minimum absolute atomic E-state index is 0.655. The molecule has 0 aromatic carbocycles. The summed E-state index contributed by atoms with van der Waals surface area (Å²) in [5.74, 6) is 1.22. The van der Waals surface area contributed by atoms with Crippen molar-refractivity contribution in [3.05, 3.63) is 12.5 Å². The summed E-state index contributed by atoms with van der Waals surface area (Å²) in [7, 11) is 0. The quantitative estimate of drug-likeness (QED) is 0.207. The van der Waals surface area contributed by atoms with E-state index in [4.69, 9.17) is 0 Å². The summed E-state index contributed by atoms with van der Waals surface area (Å²) in [6.07, 6.45) is 18.0. The van der Waals surface area contributed by atoms with Crippen LogP contribution in [0.1, 0.15) is 91.9 Å². The number of nitrogens with zero attached hydrogens (tertiary/aromatic N) is 2. The van der Waals surface area contributed by atoms with Crippen LogP contribution >= 0.6 is 23.1 Å². The molecule has 146 valence electrons. The molecule has 2 rings (SSSR count). The van der Waals surface area contributed by atoms with Gasteiger partial charge in [-0.05, 0) is 0 Å². The molecule has 0 aliphatic heterocycles. The fourth-order valence-electron chi connectivity index (χ4n) is 3.53. The molecule has 0 unspecified atom stereocenters. The van der Waals surface area contributed by atoms with Crippen LogP contribution in [0.15, 0.2) is 17.6 Å². The molecule has 0 spiro atoms. The normalized spacial score (nSPS) is 12.3. The number of aromatic nitrogens is 2.